The van der Waals surface area contributed by atoms with Gasteiger partial charge < -0.3 is 20.5 Å². The van der Waals surface area contributed by atoms with Crippen molar-refractivity contribution in [1.29, 1.82) is 0 Å². The summed E-state index contributed by atoms with van der Waals surface area (Å²) in [7, 11) is 0. The Morgan fingerprint density at radius 1 is 1.29 bits per heavy atom. The Bertz CT molecular complexity index is 793. The molecule has 28 heavy (non-hydrogen) atoms. The Morgan fingerprint density at radius 2 is 2.07 bits per heavy atom. The number of hydrogen-bond acceptors (Lipinski definition) is 5. The summed E-state index contributed by atoms with van der Waals surface area (Å²) in [4.78, 5) is 8.06. The van der Waals surface area contributed by atoms with Gasteiger partial charge in [-0.15, -0.1) is 11.3 Å². The van der Waals surface area contributed by atoms with Crippen LogP contribution in [-0.4, -0.2) is 35.7 Å². The van der Waals surface area contributed by atoms with Crippen LogP contribution in [0.25, 0.3) is 0 Å². The minimum absolute atomic E-state index is 0.0706. The molecule has 0 fully saturated rings. The fourth-order valence-electron chi connectivity index (χ4n) is 2.28. The Labute approximate surface area is 165 Å². The number of nitrogens with zero attached hydrogens (tertiary/aromatic N) is 2. The molecule has 3 N–H and O–H groups in total. The number of rotatable bonds is 8. The molecule has 1 heterocycles. The van der Waals surface area contributed by atoms with Gasteiger partial charge in [-0.2, -0.15) is 13.2 Å². The molecule has 0 radical (unpaired) electrons. The summed E-state index contributed by atoms with van der Waals surface area (Å²) >= 11 is 0.990. The van der Waals surface area contributed by atoms with Gasteiger partial charge in [0.05, 0.1) is 18.2 Å². The van der Waals surface area contributed by atoms with Gasteiger partial charge in [0.1, 0.15) is 0 Å². The number of guanidine groups is 1. The molecular weight excluding hydrogens is 393 g/mol. The second-order valence-electron chi connectivity index (χ2n) is 5.73. The lowest BCUT2D eigenvalue weighted by Gasteiger charge is -2.11. The van der Waals surface area contributed by atoms with Crippen molar-refractivity contribution in [3.05, 3.63) is 39.8 Å². The number of aliphatic imine (C=N–C) groups is 1. The lowest BCUT2D eigenvalue weighted by atomic mass is 10.2. The number of benzene rings is 1. The highest BCUT2D eigenvalue weighted by Crippen LogP contribution is 2.30. The molecule has 1 aromatic heterocycles. The molecule has 154 valence electrons. The van der Waals surface area contributed by atoms with Gasteiger partial charge in [-0.3, -0.25) is 0 Å². The number of phenols is 1. The Kier molecular flexibility index (Phi) is 7.91. The van der Waals surface area contributed by atoms with E-state index in [1.54, 1.807) is 18.2 Å². The fraction of sp³-hybridized carbons (Fsp3) is 0.444. The van der Waals surface area contributed by atoms with Gasteiger partial charge in [-0.1, -0.05) is 6.07 Å². The average Bonchev–Trinajstić information content (AvgIpc) is 3.12. The Morgan fingerprint density at radius 3 is 2.71 bits per heavy atom. The zero-order chi connectivity index (χ0) is 20.6. The normalized spacial score (nSPS) is 12.1. The lowest BCUT2D eigenvalue weighted by Crippen LogP contribution is -2.38. The van der Waals surface area contributed by atoms with Crippen molar-refractivity contribution in [2.45, 2.75) is 33.0 Å². The largest absolute Gasteiger partial charge is 0.504 e. The smallest absolute Gasteiger partial charge is 0.434 e. The Balaban J connectivity index is 1.93. The van der Waals surface area contributed by atoms with Crippen molar-refractivity contribution in [2.24, 2.45) is 4.99 Å². The summed E-state index contributed by atoms with van der Waals surface area (Å²) in [5.41, 5.74) is -0.00120. The van der Waals surface area contributed by atoms with Crippen molar-refractivity contribution in [3.63, 3.8) is 0 Å². The van der Waals surface area contributed by atoms with Gasteiger partial charge in [-0.05, 0) is 31.5 Å². The molecule has 0 atom stereocenters. The number of ether oxygens (including phenoxy) is 1. The first kappa shape index (κ1) is 21.8. The van der Waals surface area contributed by atoms with Crippen LogP contribution in [0.5, 0.6) is 11.5 Å². The predicted molar refractivity (Wildman–Crippen MR) is 103 cm³/mol. The number of thiazole rings is 1. The third-order valence-electron chi connectivity index (χ3n) is 3.56. The molecule has 0 aliphatic rings. The summed E-state index contributed by atoms with van der Waals surface area (Å²) in [5.74, 6) is 1.01. The monoisotopic (exact) mass is 416 g/mol. The number of aromatic nitrogens is 1. The number of aromatic hydroxyl groups is 1. The molecular formula is C18H23F3N4O2S. The number of alkyl halides is 3. The minimum atomic E-state index is -4.41. The van der Waals surface area contributed by atoms with Crippen LogP contribution in [0, 0.1) is 0 Å². The molecule has 0 aliphatic heterocycles. The van der Waals surface area contributed by atoms with Gasteiger partial charge in [-0.25, -0.2) is 9.98 Å². The highest BCUT2D eigenvalue weighted by Gasteiger charge is 2.33. The first-order valence-electron chi connectivity index (χ1n) is 8.82. The number of phenolic OH excluding ortho intramolecular Hbond substituents is 1. The van der Waals surface area contributed by atoms with E-state index in [0.717, 1.165) is 22.3 Å². The van der Waals surface area contributed by atoms with Crippen LogP contribution in [0.4, 0.5) is 13.2 Å². The fourth-order valence-corrected chi connectivity index (χ4v) is 3.09. The molecule has 1 aromatic carbocycles. The van der Waals surface area contributed by atoms with E-state index >= 15 is 0 Å². The maximum Gasteiger partial charge on any atom is 0.434 e. The maximum absolute atomic E-state index is 12.6. The topological polar surface area (TPSA) is 78.8 Å². The van der Waals surface area contributed by atoms with E-state index in [4.69, 9.17) is 4.74 Å². The van der Waals surface area contributed by atoms with Crippen LogP contribution in [0.1, 0.15) is 30.1 Å². The van der Waals surface area contributed by atoms with Gasteiger partial charge in [0.2, 0.25) is 0 Å². The summed E-state index contributed by atoms with van der Waals surface area (Å²) in [6.07, 6.45) is -4.05. The molecule has 2 rings (SSSR count). The van der Waals surface area contributed by atoms with Crippen molar-refractivity contribution >= 4 is 17.3 Å². The van der Waals surface area contributed by atoms with Crippen molar-refractivity contribution in [3.8, 4) is 11.5 Å². The van der Waals surface area contributed by atoms with Gasteiger partial charge in [0, 0.05) is 24.9 Å². The van der Waals surface area contributed by atoms with E-state index in [9.17, 15) is 18.3 Å². The van der Waals surface area contributed by atoms with Crippen LogP contribution in [0.2, 0.25) is 0 Å². The second kappa shape index (κ2) is 10.2. The number of hydrogen-bond donors (Lipinski definition) is 3. The summed E-state index contributed by atoms with van der Waals surface area (Å²) in [6, 6.07) is 5.02. The van der Waals surface area contributed by atoms with E-state index in [2.05, 4.69) is 20.6 Å². The van der Waals surface area contributed by atoms with Gasteiger partial charge in [0.25, 0.3) is 0 Å². The molecule has 0 saturated carbocycles. The number of halogens is 3. The van der Waals surface area contributed by atoms with Crippen LogP contribution in [0.3, 0.4) is 0 Å². The average molecular weight is 416 g/mol. The first-order chi connectivity index (χ1) is 13.3. The third-order valence-corrected chi connectivity index (χ3v) is 4.47. The predicted octanol–water partition coefficient (Wildman–Crippen LogP) is 3.56. The third kappa shape index (κ3) is 6.59. The zero-order valence-corrected chi connectivity index (χ0v) is 16.5. The molecule has 0 spiro atoms. The SMILES string of the molecule is CCNC(=NCc1ccc(O)c(OCC)c1)NCCc1nc(C(F)(F)F)cs1. The molecule has 0 aliphatic carbocycles. The maximum atomic E-state index is 12.6. The lowest BCUT2D eigenvalue weighted by molar-refractivity contribution is -0.140. The van der Waals surface area contributed by atoms with Crippen molar-refractivity contribution in [2.75, 3.05) is 19.7 Å². The summed E-state index contributed by atoms with van der Waals surface area (Å²) in [6.45, 7) is 5.58. The minimum Gasteiger partial charge on any atom is -0.504 e. The van der Waals surface area contributed by atoms with Crippen molar-refractivity contribution in [1.82, 2.24) is 15.6 Å². The molecule has 6 nitrogen and oxygen atoms in total. The van der Waals surface area contributed by atoms with Crippen molar-refractivity contribution < 1.29 is 23.0 Å². The Hall–Kier alpha value is -2.49. The molecule has 0 amide bonds. The van der Waals surface area contributed by atoms with Crippen LogP contribution in [-0.2, 0) is 19.1 Å². The van der Waals surface area contributed by atoms with E-state index < -0.39 is 11.9 Å². The molecule has 10 heteroatoms. The van der Waals surface area contributed by atoms with E-state index in [1.165, 1.54) is 0 Å². The summed E-state index contributed by atoms with van der Waals surface area (Å²) in [5, 5.41) is 17.3. The van der Waals surface area contributed by atoms with Crippen LogP contribution >= 0.6 is 11.3 Å². The molecule has 0 saturated heterocycles. The van der Waals surface area contributed by atoms with Gasteiger partial charge >= 0.3 is 6.18 Å². The molecule has 2 aromatic rings. The first-order valence-corrected chi connectivity index (χ1v) is 9.70. The van der Waals surface area contributed by atoms with Gasteiger partial charge in [0.15, 0.2) is 23.2 Å². The zero-order valence-electron chi connectivity index (χ0n) is 15.6. The van der Waals surface area contributed by atoms with Crippen LogP contribution in [0.15, 0.2) is 28.6 Å². The molecule has 0 bridgehead atoms. The van der Waals surface area contributed by atoms with E-state index in [0.29, 0.717) is 49.4 Å². The molecule has 0 unspecified atom stereocenters. The summed E-state index contributed by atoms with van der Waals surface area (Å²) < 4.78 is 43.1. The quantitative estimate of drug-likeness (QED) is 0.453. The number of nitrogens with one attached hydrogen (secondary N) is 2. The van der Waals surface area contributed by atoms with Crippen LogP contribution < -0.4 is 15.4 Å². The second-order valence-corrected chi connectivity index (χ2v) is 6.67. The van der Waals surface area contributed by atoms with E-state index in [1.807, 2.05) is 13.8 Å². The van der Waals surface area contributed by atoms with E-state index in [-0.39, 0.29) is 5.75 Å². The highest BCUT2D eigenvalue weighted by atomic mass is 32.1. The standard InChI is InChI=1S/C18H23F3N4O2S/c1-3-22-17(23-8-7-16-25-15(11-28-16)18(19,20)21)24-10-12-5-6-13(26)14(9-12)27-4-2/h5-6,9,11,26H,3-4,7-8,10H2,1-2H3,(H2,22,23,24). The highest BCUT2D eigenvalue weighted by molar-refractivity contribution is 7.09.